The summed E-state index contributed by atoms with van der Waals surface area (Å²) in [5.74, 6) is -1.06. The number of rotatable bonds is 9. The molecule has 6 N–H and O–H groups in total. The van der Waals surface area contributed by atoms with Gasteiger partial charge in [0.15, 0.2) is 0 Å². The van der Waals surface area contributed by atoms with Gasteiger partial charge in [0.05, 0.1) is 6.04 Å². The van der Waals surface area contributed by atoms with Crippen molar-refractivity contribution in [2.45, 2.75) is 83.6 Å². The SMILES string of the molecule is C[C@H](N)C(=O)N[C@@H](C)C(=O)NCc1ccccc1Oc1cccc2c1C[C@@](NC(=O)OC(C)(C)C)(C(=O)O)CC2. The molecule has 11 nitrogen and oxygen atoms in total. The van der Waals surface area contributed by atoms with Crippen LogP contribution in [-0.4, -0.2) is 52.2 Å². The van der Waals surface area contributed by atoms with Crippen molar-refractivity contribution in [3.63, 3.8) is 0 Å². The summed E-state index contributed by atoms with van der Waals surface area (Å²) >= 11 is 0. The summed E-state index contributed by atoms with van der Waals surface area (Å²) in [4.78, 5) is 49.3. The molecule has 3 atom stereocenters. The maximum atomic E-state index is 12.5. The molecule has 0 fully saturated rings. The molecule has 0 bridgehead atoms. The van der Waals surface area contributed by atoms with E-state index >= 15 is 0 Å². The molecule has 0 heterocycles. The van der Waals surface area contributed by atoms with Gasteiger partial charge in [-0.1, -0.05) is 30.3 Å². The van der Waals surface area contributed by atoms with Gasteiger partial charge in [-0.2, -0.15) is 0 Å². The van der Waals surface area contributed by atoms with Crippen molar-refractivity contribution >= 4 is 23.9 Å². The van der Waals surface area contributed by atoms with Crippen LogP contribution in [0.3, 0.4) is 0 Å². The minimum atomic E-state index is -1.57. The van der Waals surface area contributed by atoms with Crippen molar-refractivity contribution in [1.82, 2.24) is 16.0 Å². The highest BCUT2D eigenvalue weighted by Crippen LogP contribution is 2.37. The number of carbonyl (C=O) groups is 4. The number of carbonyl (C=O) groups excluding carboxylic acids is 3. The Morgan fingerprint density at radius 3 is 2.35 bits per heavy atom. The summed E-state index contributed by atoms with van der Waals surface area (Å²) in [7, 11) is 0. The standard InChI is InChI=1S/C29H38N4O7/c1-17(30)24(34)32-18(2)25(35)31-16-20-9-6-7-11-22(20)39-23-12-8-10-19-13-14-29(26(36)37,15-21(19)23)33-27(38)40-28(3,4)5/h6-12,17-18H,13-16,30H2,1-5H3,(H,31,35)(H,32,34)(H,33,38)(H,36,37)/t17-,18-,29+/m0/s1. The molecule has 1 aliphatic carbocycles. The number of fused-ring (bicyclic) bond motifs is 1. The number of benzene rings is 2. The molecule has 0 aliphatic heterocycles. The zero-order valence-electron chi connectivity index (χ0n) is 23.5. The van der Waals surface area contributed by atoms with E-state index in [4.69, 9.17) is 15.2 Å². The Morgan fingerprint density at radius 1 is 1.02 bits per heavy atom. The number of carboxylic acid groups (broad SMARTS) is 1. The molecule has 0 spiro atoms. The van der Waals surface area contributed by atoms with Crippen molar-refractivity contribution in [3.05, 3.63) is 59.2 Å². The van der Waals surface area contributed by atoms with Crippen molar-refractivity contribution in [3.8, 4) is 11.5 Å². The third kappa shape index (κ3) is 7.72. The minimum absolute atomic E-state index is 0.00274. The van der Waals surface area contributed by atoms with Gasteiger partial charge in [0, 0.05) is 24.1 Å². The summed E-state index contributed by atoms with van der Waals surface area (Å²) in [5, 5.41) is 18.1. The van der Waals surface area contributed by atoms with E-state index in [9.17, 15) is 24.3 Å². The average molecular weight is 555 g/mol. The fraction of sp³-hybridized carbons (Fsp3) is 0.448. The Labute approximate surface area is 233 Å². The third-order valence-electron chi connectivity index (χ3n) is 6.49. The fourth-order valence-electron chi connectivity index (χ4n) is 4.34. The van der Waals surface area contributed by atoms with E-state index < -0.39 is 41.2 Å². The highest BCUT2D eigenvalue weighted by Gasteiger charge is 2.45. The first kappa shape index (κ1) is 30.4. The summed E-state index contributed by atoms with van der Waals surface area (Å²) in [6.07, 6.45) is -0.192. The highest BCUT2D eigenvalue weighted by atomic mass is 16.6. The lowest BCUT2D eigenvalue weighted by Gasteiger charge is -2.36. The molecule has 0 saturated carbocycles. The van der Waals surface area contributed by atoms with Crippen molar-refractivity contribution in [2.24, 2.45) is 5.73 Å². The van der Waals surface area contributed by atoms with Gasteiger partial charge in [-0.05, 0) is 65.2 Å². The highest BCUT2D eigenvalue weighted by molar-refractivity contribution is 5.89. The van der Waals surface area contributed by atoms with Crippen molar-refractivity contribution < 1.29 is 33.8 Å². The summed E-state index contributed by atoms with van der Waals surface area (Å²) in [6.45, 7) is 8.35. The minimum Gasteiger partial charge on any atom is -0.479 e. The van der Waals surface area contributed by atoms with Gasteiger partial charge in [0.25, 0.3) is 0 Å². The van der Waals surface area contributed by atoms with Crippen LogP contribution in [0.5, 0.6) is 11.5 Å². The summed E-state index contributed by atoms with van der Waals surface area (Å²) in [6, 6.07) is 11.1. The maximum absolute atomic E-state index is 12.5. The number of amides is 3. The fourth-order valence-corrected chi connectivity index (χ4v) is 4.34. The Kier molecular flexibility index (Phi) is 9.41. The summed E-state index contributed by atoms with van der Waals surface area (Å²) < 4.78 is 11.6. The molecule has 0 unspecified atom stereocenters. The predicted molar refractivity (Wildman–Crippen MR) is 148 cm³/mol. The molecule has 216 valence electrons. The Bertz CT molecular complexity index is 1270. The second-order valence-corrected chi connectivity index (χ2v) is 11.0. The van der Waals surface area contributed by atoms with Gasteiger partial charge in [-0.25, -0.2) is 9.59 Å². The number of hydrogen-bond donors (Lipinski definition) is 5. The zero-order valence-corrected chi connectivity index (χ0v) is 23.5. The molecule has 40 heavy (non-hydrogen) atoms. The van der Waals surface area contributed by atoms with Gasteiger partial charge in [0.1, 0.15) is 28.7 Å². The Balaban J connectivity index is 1.80. The molecule has 0 saturated heterocycles. The lowest BCUT2D eigenvalue weighted by molar-refractivity contribution is -0.145. The molecule has 3 rings (SSSR count). The molecule has 0 aromatic heterocycles. The Morgan fingerprint density at radius 2 is 1.70 bits per heavy atom. The van der Waals surface area contributed by atoms with Crippen LogP contribution in [0.15, 0.2) is 42.5 Å². The van der Waals surface area contributed by atoms with Gasteiger partial charge < -0.3 is 36.3 Å². The number of nitrogens with one attached hydrogen (secondary N) is 3. The number of ether oxygens (including phenoxy) is 2. The number of para-hydroxylation sites is 1. The topological polar surface area (TPSA) is 169 Å². The first-order valence-electron chi connectivity index (χ1n) is 13.2. The quantitative estimate of drug-likeness (QED) is 0.315. The van der Waals surface area contributed by atoms with Gasteiger partial charge in [-0.3, -0.25) is 9.59 Å². The monoisotopic (exact) mass is 554 g/mol. The number of carboxylic acids is 1. The Hall–Kier alpha value is -4.12. The molecule has 2 aromatic rings. The van der Waals surface area contributed by atoms with Crippen LogP contribution < -0.4 is 26.4 Å². The molecule has 11 heteroatoms. The van der Waals surface area contributed by atoms with E-state index in [0.29, 0.717) is 29.0 Å². The number of aliphatic carboxylic acids is 1. The van der Waals surface area contributed by atoms with Crippen LogP contribution in [0.4, 0.5) is 4.79 Å². The van der Waals surface area contributed by atoms with E-state index in [2.05, 4.69) is 16.0 Å². The molecule has 2 aromatic carbocycles. The van der Waals surface area contributed by atoms with Gasteiger partial charge in [-0.15, -0.1) is 0 Å². The largest absolute Gasteiger partial charge is 0.479 e. The van der Waals surface area contributed by atoms with Gasteiger partial charge in [0.2, 0.25) is 11.8 Å². The number of nitrogens with two attached hydrogens (primary N) is 1. The van der Waals surface area contributed by atoms with E-state index in [0.717, 1.165) is 5.56 Å². The number of alkyl carbamates (subject to hydrolysis) is 1. The van der Waals surface area contributed by atoms with E-state index in [1.54, 1.807) is 58.0 Å². The second-order valence-electron chi connectivity index (χ2n) is 11.0. The normalized spacial score (nSPS) is 17.9. The van der Waals surface area contributed by atoms with Crippen LogP contribution in [0.2, 0.25) is 0 Å². The van der Waals surface area contributed by atoms with Crippen molar-refractivity contribution in [2.75, 3.05) is 0 Å². The molecular formula is C29H38N4O7. The summed E-state index contributed by atoms with van der Waals surface area (Å²) in [5.41, 5.74) is 5.46. The van der Waals surface area contributed by atoms with Crippen molar-refractivity contribution in [1.29, 1.82) is 0 Å². The third-order valence-corrected chi connectivity index (χ3v) is 6.49. The zero-order chi connectivity index (χ0) is 29.7. The number of hydrogen-bond acceptors (Lipinski definition) is 7. The first-order chi connectivity index (χ1) is 18.7. The van der Waals surface area contributed by atoms with Gasteiger partial charge >= 0.3 is 12.1 Å². The van der Waals surface area contributed by atoms with E-state index in [1.807, 2.05) is 12.1 Å². The molecular weight excluding hydrogens is 516 g/mol. The predicted octanol–water partition coefficient (Wildman–Crippen LogP) is 2.78. The first-order valence-corrected chi connectivity index (χ1v) is 13.2. The van der Waals surface area contributed by atoms with Crippen LogP contribution >= 0.6 is 0 Å². The van der Waals surface area contributed by atoms with E-state index in [1.165, 1.54) is 6.92 Å². The van der Waals surface area contributed by atoms with Crippen LogP contribution in [-0.2, 0) is 38.5 Å². The van der Waals surface area contributed by atoms with Crippen LogP contribution in [0.1, 0.15) is 57.7 Å². The second kappa shape index (κ2) is 12.4. The van der Waals surface area contributed by atoms with E-state index in [-0.39, 0.29) is 25.3 Å². The number of aryl methyl sites for hydroxylation is 1. The van der Waals surface area contributed by atoms with Crippen LogP contribution in [0.25, 0.3) is 0 Å². The maximum Gasteiger partial charge on any atom is 0.408 e. The lowest BCUT2D eigenvalue weighted by Crippen LogP contribution is -2.58. The molecule has 3 amide bonds. The van der Waals surface area contributed by atoms with Crippen LogP contribution in [0, 0.1) is 0 Å². The lowest BCUT2D eigenvalue weighted by atomic mass is 9.77. The smallest absolute Gasteiger partial charge is 0.408 e. The average Bonchev–Trinajstić information content (AvgIpc) is 2.86. The molecule has 0 radical (unpaired) electrons. The molecule has 1 aliphatic rings.